The number of halogens is 3. The maximum absolute atomic E-state index is 12.7. The van der Waals surface area contributed by atoms with Crippen molar-refractivity contribution in [1.82, 2.24) is 14.9 Å². The van der Waals surface area contributed by atoms with Gasteiger partial charge in [0.05, 0.1) is 23.8 Å². The zero-order valence-electron chi connectivity index (χ0n) is 17.2. The summed E-state index contributed by atoms with van der Waals surface area (Å²) in [6.45, 7) is 3.81. The summed E-state index contributed by atoms with van der Waals surface area (Å²) in [6, 6.07) is 5.63. The maximum atomic E-state index is 12.7. The lowest BCUT2D eigenvalue weighted by molar-refractivity contribution is -0.192. The number of aliphatic carboxylic acids is 1. The molecule has 2 fully saturated rings. The molecule has 2 aromatic heterocycles. The Kier molecular flexibility index (Phi) is 7.34. The molecule has 8 nitrogen and oxygen atoms in total. The Morgan fingerprint density at radius 2 is 2.12 bits per heavy atom. The molecule has 0 aliphatic carbocycles. The molecular formula is C20H22F3N3O5S. The molecule has 4 rings (SSSR count). The van der Waals surface area contributed by atoms with E-state index in [4.69, 9.17) is 19.4 Å². The van der Waals surface area contributed by atoms with Crippen LogP contribution in [0.2, 0.25) is 0 Å². The first-order valence-corrected chi connectivity index (χ1v) is 10.7. The van der Waals surface area contributed by atoms with E-state index in [1.54, 1.807) is 6.20 Å². The van der Waals surface area contributed by atoms with Crippen molar-refractivity contribution < 1.29 is 37.3 Å². The highest BCUT2D eigenvalue weighted by Crippen LogP contribution is 2.36. The van der Waals surface area contributed by atoms with E-state index in [-0.39, 0.29) is 17.6 Å². The molecule has 0 radical (unpaired) electrons. The van der Waals surface area contributed by atoms with Crippen molar-refractivity contribution >= 4 is 23.2 Å². The number of carboxylic acid groups (broad SMARTS) is 1. The van der Waals surface area contributed by atoms with Gasteiger partial charge in [0.2, 0.25) is 5.88 Å². The second kappa shape index (κ2) is 9.82. The summed E-state index contributed by atoms with van der Waals surface area (Å²) < 4.78 is 43.8. The van der Waals surface area contributed by atoms with E-state index in [1.165, 1.54) is 11.3 Å². The molecule has 2 atom stereocenters. The summed E-state index contributed by atoms with van der Waals surface area (Å²) in [7, 11) is 0. The Morgan fingerprint density at radius 3 is 2.72 bits per heavy atom. The first-order chi connectivity index (χ1) is 15.1. The van der Waals surface area contributed by atoms with Crippen molar-refractivity contribution in [3.05, 3.63) is 40.5 Å². The molecule has 0 bridgehead atoms. The van der Waals surface area contributed by atoms with Crippen molar-refractivity contribution in [3.63, 3.8) is 0 Å². The Balaban J connectivity index is 0.000000360. The molecule has 0 unspecified atom stereocenters. The van der Waals surface area contributed by atoms with E-state index >= 15 is 0 Å². The van der Waals surface area contributed by atoms with Crippen LogP contribution in [0.1, 0.15) is 34.8 Å². The number of piperidine rings is 1. The quantitative estimate of drug-likeness (QED) is 0.730. The summed E-state index contributed by atoms with van der Waals surface area (Å²) in [6.07, 6.45) is -0.715. The van der Waals surface area contributed by atoms with Crippen LogP contribution >= 0.6 is 11.3 Å². The summed E-state index contributed by atoms with van der Waals surface area (Å²) in [5.41, 5.74) is 0.233. The SMILES string of the molecule is Cc1nc(C(=O)N2CCC[C@]3(C[C@H](Oc4ccccn4)CO3)C2)cs1.O=C(O)C(F)(F)F. The minimum atomic E-state index is -5.08. The molecule has 12 heteroatoms. The number of pyridine rings is 1. The van der Waals surface area contributed by atoms with Gasteiger partial charge in [-0.2, -0.15) is 13.2 Å². The van der Waals surface area contributed by atoms with Crippen LogP contribution in [0.3, 0.4) is 0 Å². The van der Waals surface area contributed by atoms with Crippen LogP contribution in [0.25, 0.3) is 0 Å². The van der Waals surface area contributed by atoms with Crippen molar-refractivity contribution in [2.24, 2.45) is 0 Å². The van der Waals surface area contributed by atoms with Crippen LogP contribution in [0.15, 0.2) is 29.8 Å². The first-order valence-electron chi connectivity index (χ1n) is 9.81. The van der Waals surface area contributed by atoms with Crippen molar-refractivity contribution in [2.45, 2.75) is 44.1 Å². The van der Waals surface area contributed by atoms with Gasteiger partial charge in [-0.05, 0) is 25.8 Å². The van der Waals surface area contributed by atoms with Crippen LogP contribution in [0.4, 0.5) is 13.2 Å². The minimum Gasteiger partial charge on any atom is -0.475 e. The van der Waals surface area contributed by atoms with Gasteiger partial charge in [-0.25, -0.2) is 14.8 Å². The summed E-state index contributed by atoms with van der Waals surface area (Å²) >= 11 is 1.51. The number of alkyl halides is 3. The average molecular weight is 473 g/mol. The van der Waals surface area contributed by atoms with E-state index in [0.29, 0.717) is 24.7 Å². The van der Waals surface area contributed by atoms with Crippen LogP contribution in [-0.2, 0) is 9.53 Å². The van der Waals surface area contributed by atoms with Gasteiger partial charge in [0, 0.05) is 30.6 Å². The molecular weight excluding hydrogens is 451 g/mol. The smallest absolute Gasteiger partial charge is 0.475 e. The third-order valence-corrected chi connectivity index (χ3v) is 5.78. The zero-order chi connectivity index (χ0) is 23.4. The Morgan fingerprint density at radius 1 is 1.38 bits per heavy atom. The predicted molar refractivity (Wildman–Crippen MR) is 108 cm³/mol. The lowest BCUT2D eigenvalue weighted by Crippen LogP contribution is -2.50. The number of aromatic nitrogens is 2. The second-order valence-electron chi connectivity index (χ2n) is 7.49. The molecule has 0 saturated carbocycles. The second-order valence-corrected chi connectivity index (χ2v) is 8.55. The number of amides is 1. The van der Waals surface area contributed by atoms with Gasteiger partial charge in [-0.3, -0.25) is 4.79 Å². The standard InChI is InChI=1S/C18H21N3O3S.C2HF3O2/c1-13-20-15(11-25-13)17(22)21-8-4-6-18(12-21)9-14(10-23-18)24-16-5-2-3-7-19-16;3-2(4,5)1(6)7/h2-3,5,7,11,14H,4,6,8-10,12H2,1H3;(H,6,7)/t14-,18-;/m0./s1. The molecule has 2 aliphatic rings. The van der Waals surface area contributed by atoms with E-state index in [2.05, 4.69) is 9.97 Å². The Bertz CT molecular complexity index is 940. The van der Waals surface area contributed by atoms with Crippen LogP contribution < -0.4 is 4.74 Å². The van der Waals surface area contributed by atoms with Gasteiger partial charge in [-0.1, -0.05) is 6.07 Å². The highest BCUT2D eigenvalue weighted by molar-refractivity contribution is 7.09. The Labute approximate surface area is 186 Å². The van der Waals surface area contributed by atoms with Crippen molar-refractivity contribution in [2.75, 3.05) is 19.7 Å². The molecule has 0 aromatic carbocycles. The highest BCUT2D eigenvalue weighted by atomic mass is 32.1. The number of hydrogen-bond acceptors (Lipinski definition) is 7. The number of carbonyl (C=O) groups is 2. The minimum absolute atomic E-state index is 0.00104. The fraction of sp³-hybridized carbons (Fsp3) is 0.500. The van der Waals surface area contributed by atoms with Crippen molar-refractivity contribution in [1.29, 1.82) is 0 Å². The van der Waals surface area contributed by atoms with Gasteiger partial charge in [0.25, 0.3) is 5.91 Å². The monoisotopic (exact) mass is 473 g/mol. The third kappa shape index (κ3) is 6.16. The largest absolute Gasteiger partial charge is 0.490 e. The number of carbonyl (C=O) groups excluding carboxylic acids is 1. The summed E-state index contributed by atoms with van der Waals surface area (Å²) in [5.74, 6) is -2.14. The molecule has 174 valence electrons. The fourth-order valence-electron chi connectivity index (χ4n) is 3.65. The lowest BCUT2D eigenvalue weighted by atomic mass is 9.89. The number of likely N-dealkylation sites (tertiary alicyclic amines) is 1. The molecule has 1 N–H and O–H groups in total. The van der Waals surface area contributed by atoms with Gasteiger partial charge in [0.1, 0.15) is 11.8 Å². The number of rotatable bonds is 3. The molecule has 2 aromatic rings. The van der Waals surface area contributed by atoms with E-state index in [9.17, 15) is 18.0 Å². The summed E-state index contributed by atoms with van der Waals surface area (Å²) in [4.78, 5) is 32.0. The van der Waals surface area contributed by atoms with E-state index < -0.39 is 12.1 Å². The lowest BCUT2D eigenvalue weighted by Gasteiger charge is -2.39. The topological polar surface area (TPSA) is 102 Å². The fourth-order valence-corrected chi connectivity index (χ4v) is 4.23. The first kappa shape index (κ1) is 23.9. The number of carboxylic acids is 1. The molecule has 2 aliphatic heterocycles. The van der Waals surface area contributed by atoms with Gasteiger partial charge in [-0.15, -0.1) is 11.3 Å². The highest BCUT2D eigenvalue weighted by Gasteiger charge is 2.45. The maximum Gasteiger partial charge on any atom is 0.490 e. The molecule has 4 heterocycles. The molecule has 2 saturated heterocycles. The molecule has 1 spiro atoms. The number of hydrogen-bond donors (Lipinski definition) is 1. The predicted octanol–water partition coefficient (Wildman–Crippen LogP) is 3.32. The van der Waals surface area contributed by atoms with Crippen LogP contribution in [0.5, 0.6) is 5.88 Å². The van der Waals surface area contributed by atoms with Crippen molar-refractivity contribution in [3.8, 4) is 5.88 Å². The van der Waals surface area contributed by atoms with Gasteiger partial charge >= 0.3 is 12.1 Å². The van der Waals surface area contributed by atoms with Gasteiger partial charge in [0.15, 0.2) is 0 Å². The average Bonchev–Trinajstić information content (AvgIpc) is 3.34. The van der Waals surface area contributed by atoms with Crippen LogP contribution in [0, 0.1) is 6.92 Å². The zero-order valence-corrected chi connectivity index (χ0v) is 18.0. The number of thiazole rings is 1. The number of ether oxygens (including phenoxy) is 2. The molecule has 32 heavy (non-hydrogen) atoms. The summed E-state index contributed by atoms with van der Waals surface area (Å²) in [5, 5.41) is 9.87. The van der Waals surface area contributed by atoms with E-state index in [0.717, 1.165) is 30.8 Å². The normalized spacial score (nSPS) is 22.9. The number of nitrogens with zero attached hydrogens (tertiary/aromatic N) is 3. The Hall–Kier alpha value is -2.73. The van der Waals surface area contributed by atoms with Crippen LogP contribution in [-0.4, -0.2) is 69.4 Å². The van der Waals surface area contributed by atoms with Gasteiger partial charge < -0.3 is 19.5 Å². The number of aryl methyl sites for hydroxylation is 1. The molecule has 1 amide bonds. The van der Waals surface area contributed by atoms with E-state index in [1.807, 2.05) is 35.4 Å². The third-order valence-electron chi connectivity index (χ3n) is 5.01.